The highest BCUT2D eigenvalue weighted by Crippen LogP contribution is 2.13. The Kier molecular flexibility index (Phi) is 13.3. The van der Waals surface area contributed by atoms with Crippen molar-refractivity contribution in [3.8, 4) is 0 Å². The van der Waals surface area contributed by atoms with E-state index >= 15 is 0 Å². The summed E-state index contributed by atoms with van der Waals surface area (Å²) >= 11 is 0. The first-order valence-electron chi connectivity index (χ1n) is 12.9. The van der Waals surface area contributed by atoms with Gasteiger partial charge in [0.2, 0.25) is 0 Å². The lowest BCUT2D eigenvalue weighted by Crippen LogP contribution is -2.50. The van der Waals surface area contributed by atoms with E-state index in [0.29, 0.717) is 19.4 Å². The largest absolute Gasteiger partial charge is 0.449 e. The molecular weight excluding hydrogens is 454 g/mol. The van der Waals surface area contributed by atoms with Crippen LogP contribution in [0.4, 0.5) is 4.79 Å². The molecule has 3 N–H and O–H groups in total. The van der Waals surface area contributed by atoms with E-state index in [0.717, 1.165) is 43.0 Å². The summed E-state index contributed by atoms with van der Waals surface area (Å²) in [6, 6.07) is 18.6. The number of unbranched alkanes of at least 4 members (excludes halogenated alkanes) is 2. The maximum atomic E-state index is 12.6. The van der Waals surface area contributed by atoms with Crippen LogP contribution in [-0.2, 0) is 22.5 Å². The molecule has 2 amide bonds. The number of rotatable bonds is 16. The molecule has 0 aliphatic rings. The highest BCUT2D eigenvalue weighted by molar-refractivity contribution is 6.24. The molecular formula is C29H41N3O4. The minimum atomic E-state index is -1.03. The molecule has 36 heavy (non-hydrogen) atoms. The molecule has 0 aliphatic heterocycles. The number of ether oxygens (including phenoxy) is 1. The summed E-state index contributed by atoms with van der Waals surface area (Å²) in [7, 11) is 0. The Labute approximate surface area is 215 Å². The molecule has 2 rings (SSSR count). The summed E-state index contributed by atoms with van der Waals surface area (Å²) in [6.07, 6.45) is 4.70. The fraction of sp³-hybridized carbons (Fsp3) is 0.483. The van der Waals surface area contributed by atoms with Crippen LogP contribution < -0.4 is 5.32 Å². The third-order valence-electron chi connectivity index (χ3n) is 6.21. The first-order chi connectivity index (χ1) is 17.4. The van der Waals surface area contributed by atoms with Crippen molar-refractivity contribution < 1.29 is 19.4 Å². The topological polar surface area (TPSA) is 103 Å². The van der Waals surface area contributed by atoms with E-state index in [9.17, 15) is 14.7 Å². The first-order valence-corrected chi connectivity index (χ1v) is 12.9. The molecule has 0 fully saturated rings. The van der Waals surface area contributed by atoms with Crippen LogP contribution in [-0.4, -0.2) is 53.5 Å². The second-order valence-corrected chi connectivity index (χ2v) is 9.39. The third-order valence-corrected chi connectivity index (χ3v) is 6.21. The van der Waals surface area contributed by atoms with Crippen molar-refractivity contribution in [2.24, 2.45) is 5.92 Å². The molecule has 196 valence electrons. The Bertz CT molecular complexity index is 907. The van der Waals surface area contributed by atoms with Crippen LogP contribution in [0.2, 0.25) is 0 Å². The normalized spacial score (nSPS) is 13.3. The van der Waals surface area contributed by atoms with Crippen LogP contribution in [0.25, 0.3) is 0 Å². The number of nitrogens with one attached hydrogen (secondary N) is 2. The van der Waals surface area contributed by atoms with Gasteiger partial charge in [0.25, 0.3) is 5.91 Å². The van der Waals surface area contributed by atoms with Crippen molar-refractivity contribution in [2.45, 2.75) is 71.1 Å². The smallest absolute Gasteiger partial charge is 0.407 e. The average Bonchev–Trinajstić information content (AvgIpc) is 2.90. The van der Waals surface area contributed by atoms with Gasteiger partial charge in [-0.1, -0.05) is 93.8 Å². The fourth-order valence-electron chi connectivity index (χ4n) is 4.05. The van der Waals surface area contributed by atoms with Gasteiger partial charge in [-0.05, 0) is 36.3 Å². The maximum Gasteiger partial charge on any atom is 0.407 e. The van der Waals surface area contributed by atoms with Gasteiger partial charge >= 0.3 is 6.09 Å². The standard InChI is InChI=1S/C29H41N3O4/c1-3-4-7-12-23(2)22-36-29(35)31-26(18-17-24-13-8-5-9-14-24)27(33)21-32(28(34)19-30)20-25-15-10-6-11-16-25/h5-6,8-11,13-16,19,23,26-27,30,33H,3-4,7,12,17-18,20-22H2,1-2H3,(H,31,35)/t23?,26-,27+/m0/s1. The average molecular weight is 496 g/mol. The zero-order valence-electron chi connectivity index (χ0n) is 21.6. The molecule has 0 aliphatic carbocycles. The lowest BCUT2D eigenvalue weighted by atomic mass is 10.0. The van der Waals surface area contributed by atoms with Crippen LogP contribution >= 0.6 is 0 Å². The van der Waals surface area contributed by atoms with Crippen LogP contribution in [0.3, 0.4) is 0 Å². The Hall–Kier alpha value is -3.19. The predicted octanol–water partition coefficient (Wildman–Crippen LogP) is 4.97. The van der Waals surface area contributed by atoms with Gasteiger partial charge in [-0.3, -0.25) is 4.79 Å². The summed E-state index contributed by atoms with van der Waals surface area (Å²) in [5.41, 5.74) is 1.98. The minimum absolute atomic E-state index is 0.0176. The van der Waals surface area contributed by atoms with Crippen molar-refractivity contribution in [2.75, 3.05) is 13.2 Å². The van der Waals surface area contributed by atoms with Gasteiger partial charge in [-0.2, -0.15) is 0 Å². The summed E-state index contributed by atoms with van der Waals surface area (Å²) in [5.74, 6) is -0.232. The second-order valence-electron chi connectivity index (χ2n) is 9.39. The lowest BCUT2D eigenvalue weighted by Gasteiger charge is -2.29. The quantitative estimate of drug-likeness (QED) is 0.226. The zero-order valence-corrected chi connectivity index (χ0v) is 21.6. The number of aliphatic hydroxyl groups excluding tert-OH is 1. The second kappa shape index (κ2) is 16.5. The number of aryl methyl sites for hydroxylation is 1. The summed E-state index contributed by atoms with van der Waals surface area (Å²) in [5, 5.41) is 21.4. The van der Waals surface area contributed by atoms with E-state index in [1.165, 1.54) is 4.90 Å². The van der Waals surface area contributed by atoms with Gasteiger partial charge < -0.3 is 25.5 Å². The third kappa shape index (κ3) is 11.0. The van der Waals surface area contributed by atoms with Gasteiger partial charge in [-0.15, -0.1) is 0 Å². The molecule has 3 atom stereocenters. The lowest BCUT2D eigenvalue weighted by molar-refractivity contribution is -0.126. The number of hydrogen-bond acceptors (Lipinski definition) is 5. The molecule has 0 saturated carbocycles. The molecule has 2 aromatic rings. The highest BCUT2D eigenvalue weighted by atomic mass is 16.5. The summed E-state index contributed by atoms with van der Waals surface area (Å²) in [6.45, 7) is 4.79. The van der Waals surface area contributed by atoms with E-state index < -0.39 is 24.1 Å². The molecule has 0 heterocycles. The number of aliphatic hydroxyl groups is 1. The Morgan fingerprint density at radius 2 is 1.67 bits per heavy atom. The number of amides is 2. The van der Waals surface area contributed by atoms with E-state index in [2.05, 4.69) is 19.2 Å². The Balaban J connectivity index is 2.03. The maximum absolute atomic E-state index is 12.6. The van der Waals surface area contributed by atoms with E-state index in [1.54, 1.807) is 0 Å². The highest BCUT2D eigenvalue weighted by Gasteiger charge is 2.26. The predicted molar refractivity (Wildman–Crippen MR) is 143 cm³/mol. The van der Waals surface area contributed by atoms with E-state index in [4.69, 9.17) is 10.1 Å². The molecule has 0 spiro atoms. The van der Waals surface area contributed by atoms with Crippen LogP contribution in [0, 0.1) is 11.3 Å². The van der Waals surface area contributed by atoms with Gasteiger partial charge in [-0.25, -0.2) is 4.79 Å². The van der Waals surface area contributed by atoms with Crippen molar-refractivity contribution in [3.63, 3.8) is 0 Å². The number of alkyl carbamates (subject to hydrolysis) is 1. The van der Waals surface area contributed by atoms with Gasteiger partial charge in [0.1, 0.15) is 0 Å². The van der Waals surface area contributed by atoms with E-state index in [1.807, 2.05) is 60.7 Å². The number of benzene rings is 2. The minimum Gasteiger partial charge on any atom is -0.449 e. The number of carbonyl (C=O) groups is 2. The molecule has 0 radical (unpaired) electrons. The SMILES string of the molecule is CCCCCC(C)COC(=O)N[C@@H](CCc1ccccc1)[C@H](O)CN(Cc1ccccc1)C(=O)C=N. The van der Waals surface area contributed by atoms with Crippen molar-refractivity contribution in [3.05, 3.63) is 71.8 Å². The fourth-order valence-corrected chi connectivity index (χ4v) is 4.05. The van der Waals surface area contributed by atoms with E-state index in [-0.39, 0.29) is 19.0 Å². The van der Waals surface area contributed by atoms with Crippen molar-refractivity contribution >= 4 is 18.2 Å². The number of hydrogen-bond donors (Lipinski definition) is 3. The number of carbonyl (C=O) groups excluding carboxylic acids is 2. The number of nitrogens with zero attached hydrogens (tertiary/aromatic N) is 1. The molecule has 7 nitrogen and oxygen atoms in total. The van der Waals surface area contributed by atoms with Crippen molar-refractivity contribution in [1.29, 1.82) is 5.41 Å². The molecule has 0 aromatic heterocycles. The Morgan fingerprint density at radius 1 is 1.03 bits per heavy atom. The van der Waals surface area contributed by atoms with Crippen LogP contribution in [0.15, 0.2) is 60.7 Å². The molecule has 0 bridgehead atoms. The monoisotopic (exact) mass is 495 g/mol. The molecule has 7 heteroatoms. The van der Waals surface area contributed by atoms with Gasteiger partial charge in [0.15, 0.2) is 0 Å². The molecule has 0 saturated heterocycles. The van der Waals surface area contributed by atoms with Crippen LogP contribution in [0.5, 0.6) is 0 Å². The van der Waals surface area contributed by atoms with Gasteiger partial charge in [0.05, 0.1) is 25.0 Å². The zero-order chi connectivity index (χ0) is 26.2. The van der Waals surface area contributed by atoms with Crippen molar-refractivity contribution in [1.82, 2.24) is 10.2 Å². The molecule has 2 aromatic carbocycles. The van der Waals surface area contributed by atoms with Crippen LogP contribution in [0.1, 0.15) is 57.1 Å². The molecule has 1 unspecified atom stereocenters. The Morgan fingerprint density at radius 3 is 2.28 bits per heavy atom. The summed E-state index contributed by atoms with van der Waals surface area (Å²) in [4.78, 5) is 26.5. The van der Waals surface area contributed by atoms with Gasteiger partial charge in [0, 0.05) is 13.1 Å². The summed E-state index contributed by atoms with van der Waals surface area (Å²) < 4.78 is 5.46. The first kappa shape index (κ1) is 29.0.